The van der Waals surface area contributed by atoms with Gasteiger partial charge in [-0.05, 0) is 37.0 Å². The molecule has 84 valence electrons. The van der Waals surface area contributed by atoms with Crippen LogP contribution >= 0.6 is 15.9 Å². The molecule has 1 aliphatic carbocycles. The summed E-state index contributed by atoms with van der Waals surface area (Å²) >= 11 is 3.43. The summed E-state index contributed by atoms with van der Waals surface area (Å²) in [6.45, 7) is 2.29. The van der Waals surface area contributed by atoms with Crippen LogP contribution in [-0.4, -0.2) is 6.04 Å². The fraction of sp³-hybridized carbons (Fsp3) is 0.462. The summed E-state index contributed by atoms with van der Waals surface area (Å²) in [5.41, 5.74) is 1.74. The van der Waals surface area contributed by atoms with E-state index in [0.29, 0.717) is 11.6 Å². The molecule has 1 aliphatic rings. The van der Waals surface area contributed by atoms with Gasteiger partial charge in [-0.25, -0.2) is 0 Å². The molecule has 0 amide bonds. The summed E-state index contributed by atoms with van der Waals surface area (Å²) in [6, 6.07) is 8.51. The molecule has 1 N–H and O–H groups in total. The van der Waals surface area contributed by atoms with Crippen molar-refractivity contribution in [2.75, 3.05) is 5.32 Å². The van der Waals surface area contributed by atoms with Crippen molar-refractivity contribution in [1.29, 1.82) is 5.26 Å². The minimum atomic E-state index is 0.556. The molecule has 2 atom stereocenters. The molecule has 2 nitrogen and oxygen atoms in total. The summed E-state index contributed by atoms with van der Waals surface area (Å²) in [5, 5.41) is 12.4. The summed E-state index contributed by atoms with van der Waals surface area (Å²) < 4.78 is 0.958. The van der Waals surface area contributed by atoms with Crippen LogP contribution in [0.5, 0.6) is 0 Å². The van der Waals surface area contributed by atoms with Crippen LogP contribution in [0.4, 0.5) is 5.69 Å². The number of nitrogens with zero attached hydrogens (tertiary/aromatic N) is 1. The molecule has 0 radical (unpaired) electrons. The van der Waals surface area contributed by atoms with E-state index in [4.69, 9.17) is 5.26 Å². The van der Waals surface area contributed by atoms with Gasteiger partial charge in [0.05, 0.1) is 11.6 Å². The first kappa shape index (κ1) is 11.5. The van der Waals surface area contributed by atoms with Gasteiger partial charge >= 0.3 is 0 Å². The van der Waals surface area contributed by atoms with Crippen LogP contribution in [-0.2, 0) is 0 Å². The molecule has 2 unspecified atom stereocenters. The molecule has 1 aromatic carbocycles. The van der Waals surface area contributed by atoms with E-state index in [0.717, 1.165) is 16.1 Å². The van der Waals surface area contributed by atoms with Gasteiger partial charge in [-0.2, -0.15) is 5.26 Å². The second-order valence-corrected chi connectivity index (χ2v) is 5.42. The van der Waals surface area contributed by atoms with Crippen LogP contribution in [0.3, 0.4) is 0 Å². The third-order valence-corrected chi connectivity index (χ3v) is 3.70. The third-order valence-electron chi connectivity index (χ3n) is 3.24. The van der Waals surface area contributed by atoms with Gasteiger partial charge in [0.2, 0.25) is 0 Å². The van der Waals surface area contributed by atoms with Crippen molar-refractivity contribution >= 4 is 21.6 Å². The minimum Gasteiger partial charge on any atom is -0.382 e. The van der Waals surface area contributed by atoms with Crippen molar-refractivity contribution in [3.63, 3.8) is 0 Å². The molecule has 0 saturated heterocycles. The third kappa shape index (κ3) is 2.56. The first-order valence-corrected chi connectivity index (χ1v) is 6.45. The van der Waals surface area contributed by atoms with Gasteiger partial charge in [-0.3, -0.25) is 0 Å². The second kappa shape index (κ2) is 4.88. The number of nitrogens with one attached hydrogen (secondary N) is 1. The lowest BCUT2D eigenvalue weighted by Gasteiger charge is -2.19. The van der Waals surface area contributed by atoms with E-state index >= 15 is 0 Å². The molecule has 1 fully saturated rings. The molecule has 0 bridgehead atoms. The number of rotatable bonds is 2. The first-order chi connectivity index (χ1) is 7.69. The van der Waals surface area contributed by atoms with Crippen LogP contribution in [0.15, 0.2) is 22.7 Å². The fourth-order valence-electron chi connectivity index (χ4n) is 2.31. The van der Waals surface area contributed by atoms with E-state index in [1.54, 1.807) is 0 Å². The monoisotopic (exact) mass is 278 g/mol. The Morgan fingerprint density at radius 1 is 1.38 bits per heavy atom. The van der Waals surface area contributed by atoms with Gasteiger partial charge in [-0.15, -0.1) is 0 Å². The van der Waals surface area contributed by atoms with Crippen molar-refractivity contribution < 1.29 is 0 Å². The highest BCUT2D eigenvalue weighted by atomic mass is 79.9. The van der Waals surface area contributed by atoms with E-state index in [1.807, 2.05) is 18.2 Å². The molecule has 1 saturated carbocycles. The van der Waals surface area contributed by atoms with Crippen molar-refractivity contribution in [1.82, 2.24) is 0 Å². The number of halogens is 1. The zero-order valence-electron chi connectivity index (χ0n) is 9.33. The van der Waals surface area contributed by atoms with E-state index in [2.05, 4.69) is 34.2 Å². The lowest BCUT2D eigenvalue weighted by molar-refractivity contribution is 0.556. The van der Waals surface area contributed by atoms with Crippen LogP contribution in [0.25, 0.3) is 0 Å². The summed E-state index contributed by atoms with van der Waals surface area (Å²) in [5.74, 6) is 0.726. The van der Waals surface area contributed by atoms with Gasteiger partial charge in [0.15, 0.2) is 0 Å². The Hall–Kier alpha value is -1.01. The highest BCUT2D eigenvalue weighted by Gasteiger charge is 2.22. The van der Waals surface area contributed by atoms with Crippen molar-refractivity contribution in [2.24, 2.45) is 5.92 Å². The Balaban J connectivity index is 2.15. The molecular formula is C13H15BrN2. The molecule has 3 heteroatoms. The Morgan fingerprint density at radius 3 is 2.81 bits per heavy atom. The largest absolute Gasteiger partial charge is 0.382 e. The molecule has 0 spiro atoms. The molecule has 0 aromatic heterocycles. The van der Waals surface area contributed by atoms with Crippen LogP contribution in [0.1, 0.15) is 31.7 Å². The van der Waals surface area contributed by atoms with E-state index < -0.39 is 0 Å². The molecular weight excluding hydrogens is 264 g/mol. The highest BCUT2D eigenvalue weighted by molar-refractivity contribution is 9.10. The fourth-order valence-corrected chi connectivity index (χ4v) is 2.80. The van der Waals surface area contributed by atoms with Gasteiger partial charge in [0, 0.05) is 16.2 Å². The maximum absolute atomic E-state index is 8.90. The summed E-state index contributed by atoms with van der Waals surface area (Å²) in [4.78, 5) is 0. The van der Waals surface area contributed by atoms with Crippen molar-refractivity contribution in [3.05, 3.63) is 28.2 Å². The second-order valence-electron chi connectivity index (χ2n) is 4.50. The number of anilines is 1. The van der Waals surface area contributed by atoms with E-state index in [9.17, 15) is 0 Å². The average Bonchev–Trinajstić information content (AvgIpc) is 2.63. The number of hydrogen-bond acceptors (Lipinski definition) is 2. The molecule has 2 rings (SSSR count). The quantitative estimate of drug-likeness (QED) is 0.890. The molecule has 1 aromatic rings. The van der Waals surface area contributed by atoms with Gasteiger partial charge in [0.25, 0.3) is 0 Å². The zero-order valence-corrected chi connectivity index (χ0v) is 10.9. The van der Waals surface area contributed by atoms with E-state index in [-0.39, 0.29) is 0 Å². The topological polar surface area (TPSA) is 35.8 Å². The van der Waals surface area contributed by atoms with Gasteiger partial charge in [0.1, 0.15) is 0 Å². The highest BCUT2D eigenvalue weighted by Crippen LogP contribution is 2.29. The van der Waals surface area contributed by atoms with Crippen molar-refractivity contribution in [3.8, 4) is 6.07 Å². The van der Waals surface area contributed by atoms with Gasteiger partial charge < -0.3 is 5.32 Å². The smallest absolute Gasteiger partial charge is 0.0992 e. The van der Waals surface area contributed by atoms with Crippen molar-refractivity contribution in [2.45, 2.75) is 32.2 Å². The number of benzene rings is 1. The van der Waals surface area contributed by atoms with Crippen LogP contribution in [0, 0.1) is 17.2 Å². The standard InChI is InChI=1S/C13H15BrN2/c1-9-3-2-4-13(9)16-12-6-10(8-15)5-11(14)7-12/h5-7,9,13,16H,2-4H2,1H3. The van der Waals surface area contributed by atoms with Crippen LogP contribution < -0.4 is 5.32 Å². The van der Waals surface area contributed by atoms with Crippen LogP contribution in [0.2, 0.25) is 0 Å². The van der Waals surface area contributed by atoms with E-state index in [1.165, 1.54) is 19.3 Å². The molecule has 16 heavy (non-hydrogen) atoms. The molecule has 0 heterocycles. The molecule has 0 aliphatic heterocycles. The Morgan fingerprint density at radius 2 is 2.19 bits per heavy atom. The van der Waals surface area contributed by atoms with Gasteiger partial charge in [-0.1, -0.05) is 29.3 Å². The lowest BCUT2D eigenvalue weighted by Crippen LogP contribution is -2.21. The SMILES string of the molecule is CC1CCCC1Nc1cc(Br)cc(C#N)c1. The number of hydrogen-bond donors (Lipinski definition) is 1. The zero-order chi connectivity index (χ0) is 11.5. The predicted molar refractivity (Wildman–Crippen MR) is 69.3 cm³/mol. The number of nitriles is 1. The lowest BCUT2D eigenvalue weighted by atomic mass is 10.1. The average molecular weight is 279 g/mol. The maximum Gasteiger partial charge on any atom is 0.0992 e. The predicted octanol–water partition coefficient (Wildman–Crippen LogP) is 3.92. The minimum absolute atomic E-state index is 0.556. The Kier molecular flexibility index (Phi) is 3.50. The Bertz CT molecular complexity index is 422. The summed E-state index contributed by atoms with van der Waals surface area (Å²) in [6.07, 6.45) is 3.84. The maximum atomic E-state index is 8.90. The summed E-state index contributed by atoms with van der Waals surface area (Å²) in [7, 11) is 0. The Labute approximate surface area is 105 Å². The first-order valence-electron chi connectivity index (χ1n) is 5.66. The normalized spacial score (nSPS) is 24.1.